The largest absolute Gasteiger partial charge is 0.506 e. The first-order valence-corrected chi connectivity index (χ1v) is 5.99. The minimum Gasteiger partial charge on any atom is -0.506 e. The van der Waals surface area contributed by atoms with Gasteiger partial charge >= 0.3 is 5.63 Å². The van der Waals surface area contributed by atoms with Crippen LogP contribution in [0.25, 0.3) is 11.0 Å². The van der Waals surface area contributed by atoms with Gasteiger partial charge in [0.25, 0.3) is 0 Å². The zero-order valence-electron chi connectivity index (χ0n) is 9.08. The zero-order chi connectivity index (χ0) is 12.5. The van der Waals surface area contributed by atoms with Gasteiger partial charge in [0.1, 0.15) is 16.2 Å². The van der Waals surface area contributed by atoms with Gasteiger partial charge in [-0.15, -0.1) is 0 Å². The zero-order valence-corrected chi connectivity index (χ0v) is 9.90. The number of imidazole rings is 1. The van der Waals surface area contributed by atoms with E-state index >= 15 is 0 Å². The maximum Gasteiger partial charge on any atom is 0.354 e. The first kappa shape index (κ1) is 10.9. The molecule has 0 aliphatic carbocycles. The standard InChI is InChI=1S/C12H8N2O3S/c15-9-7-3-1-2-4-8(7)17-11(16)10(9)18-12-13-5-6-14-12/h1-6,15H,(H,13,14). The van der Waals surface area contributed by atoms with E-state index in [1.807, 2.05) is 0 Å². The van der Waals surface area contributed by atoms with Crippen molar-refractivity contribution in [3.05, 3.63) is 47.1 Å². The number of para-hydroxylation sites is 1. The molecule has 0 saturated carbocycles. The molecule has 5 nitrogen and oxygen atoms in total. The van der Waals surface area contributed by atoms with Gasteiger partial charge in [0.05, 0.1) is 5.39 Å². The van der Waals surface area contributed by atoms with Crippen molar-refractivity contribution < 1.29 is 9.52 Å². The number of hydrogen-bond acceptors (Lipinski definition) is 5. The van der Waals surface area contributed by atoms with E-state index in [2.05, 4.69) is 9.97 Å². The van der Waals surface area contributed by atoms with E-state index < -0.39 is 5.63 Å². The van der Waals surface area contributed by atoms with Gasteiger partial charge in [0.15, 0.2) is 5.16 Å². The number of aromatic hydroxyl groups is 1. The van der Waals surface area contributed by atoms with Gasteiger partial charge in [-0.25, -0.2) is 9.78 Å². The van der Waals surface area contributed by atoms with E-state index in [1.54, 1.807) is 36.7 Å². The van der Waals surface area contributed by atoms with E-state index in [4.69, 9.17) is 4.42 Å². The fourth-order valence-corrected chi connectivity index (χ4v) is 2.38. The lowest BCUT2D eigenvalue weighted by molar-refractivity contribution is 0.447. The third-order valence-corrected chi connectivity index (χ3v) is 3.40. The van der Waals surface area contributed by atoms with E-state index in [1.165, 1.54) is 0 Å². The van der Waals surface area contributed by atoms with Crippen LogP contribution in [0.5, 0.6) is 5.75 Å². The number of aromatic nitrogens is 2. The monoisotopic (exact) mass is 260 g/mol. The molecule has 2 N–H and O–H groups in total. The van der Waals surface area contributed by atoms with Crippen molar-refractivity contribution in [1.82, 2.24) is 9.97 Å². The summed E-state index contributed by atoms with van der Waals surface area (Å²) in [4.78, 5) is 18.8. The molecule has 18 heavy (non-hydrogen) atoms. The fourth-order valence-electron chi connectivity index (χ4n) is 1.61. The molecule has 0 aliphatic rings. The maximum absolute atomic E-state index is 11.8. The van der Waals surface area contributed by atoms with Crippen LogP contribution >= 0.6 is 11.8 Å². The van der Waals surface area contributed by atoms with Crippen molar-refractivity contribution in [2.75, 3.05) is 0 Å². The highest BCUT2D eigenvalue weighted by molar-refractivity contribution is 7.99. The Balaban J connectivity index is 2.20. The summed E-state index contributed by atoms with van der Waals surface area (Å²) in [5, 5.41) is 11.1. The molecule has 6 heteroatoms. The van der Waals surface area contributed by atoms with Crippen molar-refractivity contribution in [2.24, 2.45) is 0 Å². The summed E-state index contributed by atoms with van der Waals surface area (Å²) in [5.41, 5.74) is -0.212. The van der Waals surface area contributed by atoms with Gasteiger partial charge in [0, 0.05) is 12.4 Å². The topological polar surface area (TPSA) is 79.1 Å². The molecule has 3 aromatic rings. The highest BCUT2D eigenvalue weighted by Gasteiger charge is 2.15. The molecule has 0 atom stereocenters. The number of nitrogens with zero attached hydrogens (tertiary/aromatic N) is 1. The summed E-state index contributed by atoms with van der Waals surface area (Å²) in [6.45, 7) is 0. The smallest absolute Gasteiger partial charge is 0.354 e. The highest BCUT2D eigenvalue weighted by atomic mass is 32.2. The van der Waals surface area contributed by atoms with Crippen LogP contribution in [-0.2, 0) is 0 Å². The van der Waals surface area contributed by atoms with Crippen LogP contribution in [0.15, 0.2) is 55.9 Å². The van der Waals surface area contributed by atoms with Gasteiger partial charge in [-0.05, 0) is 23.9 Å². The van der Waals surface area contributed by atoms with Crippen LogP contribution in [0.2, 0.25) is 0 Å². The molecule has 0 amide bonds. The predicted molar refractivity (Wildman–Crippen MR) is 66.9 cm³/mol. The molecule has 0 unspecified atom stereocenters. The van der Waals surface area contributed by atoms with Gasteiger partial charge in [-0.3, -0.25) is 0 Å². The molecule has 2 heterocycles. The summed E-state index contributed by atoms with van der Waals surface area (Å²) in [7, 11) is 0. The number of aromatic amines is 1. The summed E-state index contributed by atoms with van der Waals surface area (Å²) >= 11 is 1.04. The summed E-state index contributed by atoms with van der Waals surface area (Å²) in [6, 6.07) is 6.84. The Morgan fingerprint density at radius 1 is 1.33 bits per heavy atom. The fraction of sp³-hybridized carbons (Fsp3) is 0. The molecule has 0 aliphatic heterocycles. The maximum atomic E-state index is 11.8. The van der Waals surface area contributed by atoms with Gasteiger partial charge in [0.2, 0.25) is 0 Å². The Hall–Kier alpha value is -2.21. The van der Waals surface area contributed by atoms with E-state index in [0.29, 0.717) is 16.1 Å². The Morgan fingerprint density at radius 3 is 2.94 bits per heavy atom. The molecular formula is C12H8N2O3S. The van der Waals surface area contributed by atoms with Crippen molar-refractivity contribution in [2.45, 2.75) is 10.1 Å². The second-order valence-corrected chi connectivity index (χ2v) is 4.56. The average molecular weight is 260 g/mol. The number of benzene rings is 1. The lowest BCUT2D eigenvalue weighted by Crippen LogP contribution is -2.02. The van der Waals surface area contributed by atoms with Gasteiger partial charge < -0.3 is 14.5 Å². The second-order valence-electron chi connectivity index (χ2n) is 3.56. The Bertz CT molecular complexity index is 750. The quantitative estimate of drug-likeness (QED) is 0.691. The van der Waals surface area contributed by atoms with Crippen molar-refractivity contribution in [3.8, 4) is 5.75 Å². The van der Waals surface area contributed by atoms with Crippen molar-refractivity contribution in [3.63, 3.8) is 0 Å². The first-order chi connectivity index (χ1) is 8.75. The van der Waals surface area contributed by atoms with Gasteiger partial charge in [-0.1, -0.05) is 12.1 Å². The van der Waals surface area contributed by atoms with Crippen LogP contribution in [0.3, 0.4) is 0 Å². The third-order valence-electron chi connectivity index (χ3n) is 2.42. The summed E-state index contributed by atoms with van der Waals surface area (Å²) < 4.78 is 5.14. The average Bonchev–Trinajstić information content (AvgIpc) is 2.87. The van der Waals surface area contributed by atoms with Crippen LogP contribution in [-0.4, -0.2) is 15.1 Å². The van der Waals surface area contributed by atoms with E-state index in [-0.39, 0.29) is 10.6 Å². The molecule has 0 radical (unpaired) electrons. The Labute approximate surface area is 105 Å². The summed E-state index contributed by atoms with van der Waals surface area (Å²) in [5.74, 6) is -0.0803. The SMILES string of the molecule is O=c1oc2ccccc2c(O)c1Sc1ncc[nH]1. The molecule has 0 spiro atoms. The van der Waals surface area contributed by atoms with Crippen molar-refractivity contribution in [1.29, 1.82) is 0 Å². The van der Waals surface area contributed by atoms with Crippen LogP contribution in [0.4, 0.5) is 0 Å². The van der Waals surface area contributed by atoms with E-state index in [9.17, 15) is 9.90 Å². The normalized spacial score (nSPS) is 10.9. The lowest BCUT2D eigenvalue weighted by Gasteiger charge is -2.03. The minimum atomic E-state index is -0.576. The number of fused-ring (bicyclic) bond motifs is 1. The predicted octanol–water partition coefficient (Wildman–Crippen LogP) is 2.37. The molecule has 0 fully saturated rings. The number of H-pyrrole nitrogens is 1. The Kier molecular flexibility index (Phi) is 2.56. The molecule has 3 rings (SSSR count). The first-order valence-electron chi connectivity index (χ1n) is 5.18. The van der Waals surface area contributed by atoms with Crippen LogP contribution in [0, 0.1) is 0 Å². The molecule has 2 aromatic heterocycles. The van der Waals surface area contributed by atoms with Gasteiger partial charge in [-0.2, -0.15) is 0 Å². The molecule has 1 aromatic carbocycles. The van der Waals surface area contributed by atoms with E-state index in [0.717, 1.165) is 11.8 Å². The Morgan fingerprint density at radius 2 is 2.17 bits per heavy atom. The molecule has 0 bridgehead atoms. The number of nitrogens with one attached hydrogen (secondary N) is 1. The van der Waals surface area contributed by atoms with Crippen LogP contribution in [0.1, 0.15) is 0 Å². The lowest BCUT2D eigenvalue weighted by atomic mass is 10.2. The third kappa shape index (κ3) is 1.76. The molecule has 0 saturated heterocycles. The number of hydrogen-bond donors (Lipinski definition) is 2. The summed E-state index contributed by atoms with van der Waals surface area (Å²) in [6.07, 6.45) is 3.21. The highest BCUT2D eigenvalue weighted by Crippen LogP contribution is 2.34. The molecule has 90 valence electrons. The minimum absolute atomic E-state index is 0.0803. The van der Waals surface area contributed by atoms with Crippen LogP contribution < -0.4 is 5.63 Å². The number of rotatable bonds is 2. The molecular weight excluding hydrogens is 252 g/mol. The van der Waals surface area contributed by atoms with Crippen molar-refractivity contribution >= 4 is 22.7 Å². The second kappa shape index (κ2) is 4.23.